The summed E-state index contributed by atoms with van der Waals surface area (Å²) in [6, 6.07) is 19.6. The van der Waals surface area contributed by atoms with Gasteiger partial charge in [-0.15, -0.1) is 0 Å². The van der Waals surface area contributed by atoms with Crippen molar-refractivity contribution in [1.82, 2.24) is 15.1 Å². The fourth-order valence-electron chi connectivity index (χ4n) is 2.90. The number of carbonyl (C=O) groups excluding carboxylic acids is 1. The molecule has 0 radical (unpaired) electrons. The van der Waals surface area contributed by atoms with E-state index in [1.165, 1.54) is 0 Å². The number of nitrogens with zero attached hydrogens (tertiary/aromatic N) is 2. The predicted molar refractivity (Wildman–Crippen MR) is 102 cm³/mol. The van der Waals surface area contributed by atoms with E-state index in [-0.39, 0.29) is 17.6 Å². The Morgan fingerprint density at radius 2 is 1.77 bits per heavy atom. The summed E-state index contributed by atoms with van der Waals surface area (Å²) in [5.74, 6) is 0.216. The molecule has 26 heavy (non-hydrogen) atoms. The highest BCUT2D eigenvalue weighted by Gasteiger charge is 2.21. The minimum atomic E-state index is -0.237. The molecule has 1 amide bonds. The van der Waals surface area contributed by atoms with Gasteiger partial charge in [0.1, 0.15) is 0 Å². The summed E-state index contributed by atoms with van der Waals surface area (Å²) in [5, 5.41) is 7.53. The summed E-state index contributed by atoms with van der Waals surface area (Å²) in [7, 11) is 1.55. The van der Waals surface area contributed by atoms with Crippen molar-refractivity contribution in [3.8, 4) is 11.4 Å². The summed E-state index contributed by atoms with van der Waals surface area (Å²) in [5.41, 5.74) is 2.25. The second-order valence-electron chi connectivity index (χ2n) is 6.05. The number of ether oxygens (including phenoxy) is 1. The molecule has 1 atom stereocenters. The zero-order chi connectivity index (χ0) is 18.4. The largest absolute Gasteiger partial charge is 0.493 e. The highest BCUT2D eigenvalue weighted by atomic mass is 16.5. The van der Waals surface area contributed by atoms with Gasteiger partial charge in [-0.1, -0.05) is 61.9 Å². The average Bonchev–Trinajstić information content (AvgIpc) is 3.13. The first-order valence-corrected chi connectivity index (χ1v) is 8.77. The highest BCUT2D eigenvalue weighted by Crippen LogP contribution is 2.23. The van der Waals surface area contributed by atoms with Gasteiger partial charge >= 0.3 is 0 Å². The lowest BCUT2D eigenvalue weighted by atomic mass is 10.0. The van der Waals surface area contributed by atoms with Crippen molar-refractivity contribution in [2.24, 2.45) is 0 Å². The SMILES string of the molecule is CCCC(NC(=O)c1nn(-c2ccccc2)cc1OC)c1ccccc1. The molecule has 1 aromatic heterocycles. The quantitative estimate of drug-likeness (QED) is 0.697. The summed E-state index contributed by atoms with van der Waals surface area (Å²) >= 11 is 0. The number of nitrogens with one attached hydrogen (secondary N) is 1. The van der Waals surface area contributed by atoms with Gasteiger partial charge in [0.25, 0.3) is 5.91 Å². The van der Waals surface area contributed by atoms with Gasteiger partial charge in [-0.3, -0.25) is 4.79 Å². The van der Waals surface area contributed by atoms with Gasteiger partial charge in [-0.05, 0) is 24.1 Å². The van der Waals surface area contributed by atoms with E-state index in [9.17, 15) is 4.79 Å². The lowest BCUT2D eigenvalue weighted by molar-refractivity contribution is 0.0926. The van der Waals surface area contributed by atoms with Crippen LogP contribution in [0.2, 0.25) is 0 Å². The second kappa shape index (κ2) is 8.34. The number of hydrogen-bond acceptors (Lipinski definition) is 3. The number of methoxy groups -OCH3 is 1. The Balaban J connectivity index is 1.85. The van der Waals surface area contributed by atoms with Crippen LogP contribution >= 0.6 is 0 Å². The van der Waals surface area contributed by atoms with Crippen molar-refractivity contribution in [2.75, 3.05) is 7.11 Å². The van der Waals surface area contributed by atoms with E-state index in [4.69, 9.17) is 4.74 Å². The summed E-state index contributed by atoms with van der Waals surface area (Å²) in [6.07, 6.45) is 3.55. The fraction of sp³-hybridized carbons (Fsp3) is 0.238. The lowest BCUT2D eigenvalue weighted by Gasteiger charge is -2.18. The maximum absolute atomic E-state index is 12.9. The van der Waals surface area contributed by atoms with Gasteiger partial charge in [0, 0.05) is 0 Å². The minimum absolute atomic E-state index is 0.0553. The molecule has 5 nitrogen and oxygen atoms in total. The normalized spacial score (nSPS) is 11.8. The zero-order valence-electron chi connectivity index (χ0n) is 15.1. The van der Waals surface area contributed by atoms with Crippen LogP contribution in [0.1, 0.15) is 41.9 Å². The molecule has 5 heteroatoms. The maximum atomic E-state index is 12.9. The van der Waals surface area contributed by atoms with Crippen molar-refractivity contribution in [3.63, 3.8) is 0 Å². The van der Waals surface area contributed by atoms with E-state index in [2.05, 4.69) is 17.3 Å². The number of aromatic nitrogens is 2. The Bertz CT molecular complexity index is 844. The third kappa shape index (κ3) is 3.94. The van der Waals surface area contributed by atoms with E-state index in [0.29, 0.717) is 5.75 Å². The second-order valence-corrected chi connectivity index (χ2v) is 6.05. The Morgan fingerprint density at radius 3 is 2.38 bits per heavy atom. The Morgan fingerprint density at radius 1 is 1.12 bits per heavy atom. The van der Waals surface area contributed by atoms with Crippen LogP contribution in [0.25, 0.3) is 5.69 Å². The van der Waals surface area contributed by atoms with Gasteiger partial charge in [0.05, 0.1) is 25.0 Å². The Kier molecular flexibility index (Phi) is 5.69. The van der Waals surface area contributed by atoms with Crippen molar-refractivity contribution >= 4 is 5.91 Å². The molecule has 0 aliphatic carbocycles. The molecule has 0 saturated carbocycles. The summed E-state index contributed by atoms with van der Waals surface area (Å²) in [6.45, 7) is 2.10. The third-order valence-electron chi connectivity index (χ3n) is 4.22. The van der Waals surface area contributed by atoms with E-state index >= 15 is 0 Å². The van der Waals surface area contributed by atoms with Crippen molar-refractivity contribution in [2.45, 2.75) is 25.8 Å². The van der Waals surface area contributed by atoms with Gasteiger partial charge in [-0.2, -0.15) is 5.10 Å². The van der Waals surface area contributed by atoms with Crippen LogP contribution in [0.4, 0.5) is 0 Å². The van der Waals surface area contributed by atoms with Crippen molar-refractivity contribution < 1.29 is 9.53 Å². The number of amides is 1. The molecule has 0 aliphatic rings. The number of benzene rings is 2. The summed E-state index contributed by atoms with van der Waals surface area (Å²) < 4.78 is 7.03. The average molecular weight is 349 g/mol. The van der Waals surface area contributed by atoms with Crippen LogP contribution in [0, 0.1) is 0 Å². The van der Waals surface area contributed by atoms with E-state index in [1.807, 2.05) is 60.7 Å². The molecule has 1 heterocycles. The molecule has 1 N–H and O–H groups in total. The summed E-state index contributed by atoms with van der Waals surface area (Å²) in [4.78, 5) is 12.9. The van der Waals surface area contributed by atoms with Gasteiger partial charge in [0.15, 0.2) is 11.4 Å². The predicted octanol–water partition coefficient (Wildman–Crippen LogP) is 4.15. The molecule has 134 valence electrons. The zero-order valence-corrected chi connectivity index (χ0v) is 15.1. The number of rotatable bonds is 7. The molecule has 0 fully saturated rings. The van der Waals surface area contributed by atoms with Gasteiger partial charge in [0.2, 0.25) is 0 Å². The first-order valence-electron chi connectivity index (χ1n) is 8.77. The van der Waals surface area contributed by atoms with E-state index in [1.54, 1.807) is 18.0 Å². The monoisotopic (exact) mass is 349 g/mol. The van der Waals surface area contributed by atoms with Gasteiger partial charge in [-0.25, -0.2) is 4.68 Å². The molecular weight excluding hydrogens is 326 g/mol. The van der Waals surface area contributed by atoms with Crippen LogP contribution in [0.3, 0.4) is 0 Å². The number of para-hydroxylation sites is 1. The number of carbonyl (C=O) groups is 1. The van der Waals surface area contributed by atoms with Crippen molar-refractivity contribution in [1.29, 1.82) is 0 Å². The third-order valence-corrected chi connectivity index (χ3v) is 4.22. The smallest absolute Gasteiger partial charge is 0.276 e. The first kappa shape index (κ1) is 17.7. The molecular formula is C21H23N3O2. The molecule has 0 aliphatic heterocycles. The van der Waals surface area contributed by atoms with Crippen LogP contribution in [-0.4, -0.2) is 22.8 Å². The molecule has 0 spiro atoms. The Labute approximate surface area is 153 Å². The van der Waals surface area contributed by atoms with Crippen LogP contribution in [0.5, 0.6) is 5.75 Å². The molecule has 2 aromatic carbocycles. The topological polar surface area (TPSA) is 56.2 Å². The molecule has 1 unspecified atom stereocenters. The highest BCUT2D eigenvalue weighted by molar-refractivity contribution is 5.95. The molecule has 0 bridgehead atoms. The van der Waals surface area contributed by atoms with E-state index in [0.717, 1.165) is 24.1 Å². The Hall–Kier alpha value is -3.08. The lowest BCUT2D eigenvalue weighted by Crippen LogP contribution is -2.29. The standard InChI is InChI=1S/C21H23N3O2/c1-3-10-18(16-11-6-4-7-12-16)22-21(25)20-19(26-2)15-24(23-20)17-13-8-5-9-14-17/h4-9,11-15,18H,3,10H2,1-2H3,(H,22,25). The van der Waals surface area contributed by atoms with Crippen LogP contribution in [0.15, 0.2) is 66.9 Å². The first-order chi connectivity index (χ1) is 12.7. The minimum Gasteiger partial charge on any atom is -0.493 e. The maximum Gasteiger partial charge on any atom is 0.276 e. The fourth-order valence-corrected chi connectivity index (χ4v) is 2.90. The van der Waals surface area contributed by atoms with Crippen molar-refractivity contribution in [3.05, 3.63) is 78.1 Å². The molecule has 3 rings (SSSR count). The van der Waals surface area contributed by atoms with E-state index < -0.39 is 0 Å². The van der Waals surface area contributed by atoms with Gasteiger partial charge < -0.3 is 10.1 Å². The van der Waals surface area contributed by atoms with Crippen LogP contribution in [-0.2, 0) is 0 Å². The molecule has 0 saturated heterocycles. The molecule has 3 aromatic rings. The van der Waals surface area contributed by atoms with Crippen LogP contribution < -0.4 is 10.1 Å². The number of hydrogen-bond donors (Lipinski definition) is 1.